The lowest BCUT2D eigenvalue weighted by atomic mass is 10.1. The molecule has 1 aromatic heterocycles. The van der Waals surface area contributed by atoms with Gasteiger partial charge in [-0.05, 0) is 25.1 Å². The average Bonchev–Trinajstić information content (AvgIpc) is 2.73. The number of nitrogens with zero attached hydrogens (tertiary/aromatic N) is 2. The van der Waals surface area contributed by atoms with E-state index >= 15 is 0 Å². The fourth-order valence-corrected chi connectivity index (χ4v) is 1.77. The van der Waals surface area contributed by atoms with E-state index in [0.717, 1.165) is 22.8 Å². The van der Waals surface area contributed by atoms with Gasteiger partial charge in [0.05, 0.1) is 12.1 Å². The van der Waals surface area contributed by atoms with E-state index in [1.807, 2.05) is 0 Å². The molecule has 0 aliphatic carbocycles. The fourth-order valence-electron chi connectivity index (χ4n) is 1.77. The molecule has 6 heteroatoms. The first-order valence-corrected chi connectivity index (χ1v) is 5.76. The van der Waals surface area contributed by atoms with Gasteiger partial charge in [-0.25, -0.2) is 13.6 Å². The first-order chi connectivity index (χ1) is 9.02. The van der Waals surface area contributed by atoms with Crippen molar-refractivity contribution in [2.45, 2.75) is 20.0 Å². The highest BCUT2D eigenvalue weighted by Gasteiger charge is 2.14. The first kappa shape index (κ1) is 13.2. The Morgan fingerprint density at radius 2 is 1.89 bits per heavy atom. The molecule has 0 unspecified atom stereocenters. The molecule has 1 aromatic carbocycles. The molecule has 0 aliphatic rings. The van der Waals surface area contributed by atoms with E-state index in [9.17, 15) is 18.4 Å². The SMILES string of the molecule is CCn1ccn(CC(=O)c2cc(F)ccc2F)c1=O. The summed E-state index contributed by atoms with van der Waals surface area (Å²) in [5, 5.41) is 0. The number of carbonyl (C=O) groups excluding carboxylic acids is 1. The highest BCUT2D eigenvalue weighted by molar-refractivity contribution is 5.96. The maximum atomic E-state index is 13.4. The minimum atomic E-state index is -0.797. The van der Waals surface area contributed by atoms with Gasteiger partial charge in [0.25, 0.3) is 0 Å². The molecule has 100 valence electrons. The van der Waals surface area contributed by atoms with E-state index in [1.54, 1.807) is 6.92 Å². The molecule has 0 amide bonds. The van der Waals surface area contributed by atoms with E-state index in [0.29, 0.717) is 6.54 Å². The van der Waals surface area contributed by atoms with Crippen LogP contribution in [0.3, 0.4) is 0 Å². The smallest absolute Gasteiger partial charge is 0.300 e. The molecule has 4 nitrogen and oxygen atoms in total. The molecular weight excluding hydrogens is 254 g/mol. The number of aromatic nitrogens is 2. The summed E-state index contributed by atoms with van der Waals surface area (Å²) in [4.78, 5) is 23.6. The second kappa shape index (κ2) is 5.17. The number of ketones is 1. The highest BCUT2D eigenvalue weighted by atomic mass is 19.1. The Kier molecular flexibility index (Phi) is 3.59. The monoisotopic (exact) mass is 266 g/mol. The predicted octanol–water partition coefficient (Wildman–Crippen LogP) is 1.83. The molecule has 0 fully saturated rings. The molecule has 1 heterocycles. The van der Waals surface area contributed by atoms with Crippen LogP contribution in [0.2, 0.25) is 0 Å². The third kappa shape index (κ3) is 2.62. The summed E-state index contributed by atoms with van der Waals surface area (Å²) in [6.45, 7) is 1.96. The van der Waals surface area contributed by atoms with Crippen LogP contribution in [-0.2, 0) is 13.1 Å². The first-order valence-electron chi connectivity index (χ1n) is 5.76. The van der Waals surface area contributed by atoms with Crippen LogP contribution in [0.25, 0.3) is 0 Å². The Labute approximate surface area is 107 Å². The number of Topliss-reactive ketones (excluding diaryl/α,β-unsaturated/α-hetero) is 1. The van der Waals surface area contributed by atoms with Crippen LogP contribution in [0.15, 0.2) is 35.4 Å². The topological polar surface area (TPSA) is 44.0 Å². The van der Waals surface area contributed by atoms with Crippen LogP contribution in [-0.4, -0.2) is 14.9 Å². The number of benzene rings is 1. The summed E-state index contributed by atoms with van der Waals surface area (Å²) in [6, 6.07) is 2.66. The fraction of sp³-hybridized carbons (Fsp3) is 0.231. The lowest BCUT2D eigenvalue weighted by Gasteiger charge is -2.03. The third-order valence-corrected chi connectivity index (χ3v) is 2.80. The Morgan fingerprint density at radius 3 is 2.53 bits per heavy atom. The molecule has 0 N–H and O–H groups in total. The Balaban J connectivity index is 2.28. The van der Waals surface area contributed by atoms with Gasteiger partial charge in [-0.2, -0.15) is 0 Å². The Morgan fingerprint density at radius 1 is 1.21 bits per heavy atom. The quantitative estimate of drug-likeness (QED) is 0.792. The number of carbonyl (C=O) groups is 1. The number of imidazole rings is 1. The van der Waals surface area contributed by atoms with Gasteiger partial charge >= 0.3 is 5.69 Å². The zero-order chi connectivity index (χ0) is 14.0. The van der Waals surface area contributed by atoms with Gasteiger partial charge in [0.2, 0.25) is 0 Å². The number of hydrogen-bond donors (Lipinski definition) is 0. The van der Waals surface area contributed by atoms with E-state index in [2.05, 4.69) is 0 Å². The molecule has 0 saturated carbocycles. The molecule has 2 aromatic rings. The summed E-state index contributed by atoms with van der Waals surface area (Å²) in [7, 11) is 0. The molecule has 0 aliphatic heterocycles. The van der Waals surface area contributed by atoms with Gasteiger partial charge in [0.1, 0.15) is 11.6 Å². The number of halogens is 2. The van der Waals surface area contributed by atoms with Crippen molar-refractivity contribution in [2.75, 3.05) is 0 Å². The highest BCUT2D eigenvalue weighted by Crippen LogP contribution is 2.11. The Bertz CT molecular complexity index is 674. The molecule has 2 rings (SSSR count). The van der Waals surface area contributed by atoms with Gasteiger partial charge < -0.3 is 0 Å². The van der Waals surface area contributed by atoms with Crippen LogP contribution in [0.5, 0.6) is 0 Å². The summed E-state index contributed by atoms with van der Waals surface area (Å²) in [6.07, 6.45) is 2.98. The van der Waals surface area contributed by atoms with E-state index in [-0.39, 0.29) is 17.8 Å². The van der Waals surface area contributed by atoms with Crippen LogP contribution in [0.1, 0.15) is 17.3 Å². The van der Waals surface area contributed by atoms with Crippen LogP contribution in [0.4, 0.5) is 8.78 Å². The predicted molar refractivity (Wildman–Crippen MR) is 65.1 cm³/mol. The zero-order valence-corrected chi connectivity index (χ0v) is 10.3. The summed E-state index contributed by atoms with van der Waals surface area (Å²) < 4.78 is 29.0. The maximum Gasteiger partial charge on any atom is 0.328 e. The lowest BCUT2D eigenvalue weighted by Crippen LogP contribution is -2.26. The Hall–Kier alpha value is -2.24. The summed E-state index contributed by atoms with van der Waals surface area (Å²) >= 11 is 0. The van der Waals surface area contributed by atoms with Crippen LogP contribution in [0, 0.1) is 11.6 Å². The molecule has 0 saturated heterocycles. The largest absolute Gasteiger partial charge is 0.328 e. The third-order valence-electron chi connectivity index (χ3n) is 2.80. The molecule has 0 radical (unpaired) electrons. The van der Waals surface area contributed by atoms with Crippen molar-refractivity contribution >= 4 is 5.78 Å². The minimum Gasteiger partial charge on any atom is -0.300 e. The van der Waals surface area contributed by atoms with Gasteiger partial charge in [0, 0.05) is 18.9 Å². The van der Waals surface area contributed by atoms with E-state index < -0.39 is 17.4 Å². The molecule has 0 bridgehead atoms. The van der Waals surface area contributed by atoms with E-state index in [1.165, 1.54) is 17.0 Å². The van der Waals surface area contributed by atoms with Gasteiger partial charge in [-0.3, -0.25) is 13.9 Å². The van der Waals surface area contributed by atoms with Gasteiger partial charge in [-0.15, -0.1) is 0 Å². The molecule has 0 atom stereocenters. The van der Waals surface area contributed by atoms with Crippen molar-refractivity contribution in [3.05, 3.63) is 58.3 Å². The van der Waals surface area contributed by atoms with Gasteiger partial charge in [0.15, 0.2) is 5.78 Å². The van der Waals surface area contributed by atoms with Crippen molar-refractivity contribution in [2.24, 2.45) is 0 Å². The molecule has 0 spiro atoms. The number of hydrogen-bond acceptors (Lipinski definition) is 2. The normalized spacial score (nSPS) is 10.7. The van der Waals surface area contributed by atoms with Crippen molar-refractivity contribution in [1.29, 1.82) is 0 Å². The summed E-state index contributed by atoms with van der Waals surface area (Å²) in [5.74, 6) is -2.13. The van der Waals surface area contributed by atoms with Crippen molar-refractivity contribution in [3.8, 4) is 0 Å². The molecular formula is C13H12F2N2O2. The zero-order valence-electron chi connectivity index (χ0n) is 10.3. The standard InChI is InChI=1S/C13H12F2N2O2/c1-2-16-5-6-17(13(16)19)8-12(18)10-7-9(14)3-4-11(10)15/h3-7H,2,8H2,1H3. The van der Waals surface area contributed by atoms with Crippen LogP contribution >= 0.6 is 0 Å². The van der Waals surface area contributed by atoms with Crippen molar-refractivity contribution in [3.63, 3.8) is 0 Å². The van der Waals surface area contributed by atoms with Crippen LogP contribution < -0.4 is 5.69 Å². The number of rotatable bonds is 4. The number of aryl methyl sites for hydroxylation is 1. The summed E-state index contributed by atoms with van der Waals surface area (Å²) in [5.41, 5.74) is -0.705. The molecule has 19 heavy (non-hydrogen) atoms. The van der Waals surface area contributed by atoms with Gasteiger partial charge in [-0.1, -0.05) is 0 Å². The maximum absolute atomic E-state index is 13.4. The van der Waals surface area contributed by atoms with E-state index in [4.69, 9.17) is 0 Å². The second-order valence-electron chi connectivity index (χ2n) is 4.04. The minimum absolute atomic E-state index is 0.313. The average molecular weight is 266 g/mol. The lowest BCUT2D eigenvalue weighted by molar-refractivity contribution is 0.0966. The van der Waals surface area contributed by atoms with Crippen molar-refractivity contribution in [1.82, 2.24) is 9.13 Å². The second-order valence-corrected chi connectivity index (χ2v) is 4.04. The van der Waals surface area contributed by atoms with Crippen molar-refractivity contribution < 1.29 is 13.6 Å².